The van der Waals surface area contributed by atoms with Gasteiger partial charge in [-0.25, -0.2) is 19.5 Å². The molecule has 0 aliphatic carbocycles. The number of hydrogen-bond acceptors (Lipinski definition) is 5. The Morgan fingerprint density at radius 3 is 2.68 bits per heavy atom. The zero-order valence-electron chi connectivity index (χ0n) is 14.1. The number of rotatable bonds is 3. The topological polar surface area (TPSA) is 85.1 Å². The van der Waals surface area contributed by atoms with Crippen molar-refractivity contribution in [1.29, 1.82) is 0 Å². The van der Waals surface area contributed by atoms with E-state index in [0.717, 1.165) is 6.07 Å². The molecule has 28 heavy (non-hydrogen) atoms. The first-order chi connectivity index (χ1) is 13.4. The highest BCUT2D eigenvalue weighted by atomic mass is 19.4. The van der Waals surface area contributed by atoms with E-state index in [4.69, 9.17) is 0 Å². The van der Waals surface area contributed by atoms with Crippen LogP contribution in [0.25, 0.3) is 16.9 Å². The maximum atomic E-state index is 13.3. The van der Waals surface area contributed by atoms with Crippen molar-refractivity contribution < 1.29 is 18.0 Å². The molecule has 1 amide bonds. The lowest BCUT2D eigenvalue weighted by Crippen LogP contribution is -2.13. The standard InChI is InChI=1S/C18H11F3N6O/c19-18(20,21)13-4-2-1-3-11(13)14-6-8-27-16(25-14)12(9-24-27)17(28)26-15-5-7-22-10-23-15/h1-10H,(H,22,23,26,28). The molecular weight excluding hydrogens is 373 g/mol. The SMILES string of the molecule is O=C(Nc1ccncn1)c1cnn2ccc(-c3ccccc3C(F)(F)F)nc12. The van der Waals surface area contributed by atoms with Gasteiger partial charge in [0.1, 0.15) is 17.7 Å². The summed E-state index contributed by atoms with van der Waals surface area (Å²) in [5.74, 6) is -0.264. The van der Waals surface area contributed by atoms with E-state index in [0.29, 0.717) is 0 Å². The predicted molar refractivity (Wildman–Crippen MR) is 93.4 cm³/mol. The number of nitrogens with zero attached hydrogens (tertiary/aromatic N) is 5. The van der Waals surface area contributed by atoms with Crippen molar-refractivity contribution >= 4 is 17.4 Å². The van der Waals surface area contributed by atoms with E-state index in [1.165, 1.54) is 59.8 Å². The number of amides is 1. The van der Waals surface area contributed by atoms with Crippen LogP contribution in [-0.2, 0) is 6.18 Å². The molecule has 10 heteroatoms. The molecule has 0 aliphatic rings. The third kappa shape index (κ3) is 3.27. The van der Waals surface area contributed by atoms with Crippen LogP contribution < -0.4 is 5.32 Å². The summed E-state index contributed by atoms with van der Waals surface area (Å²) in [5, 5.41) is 6.59. The summed E-state index contributed by atoms with van der Waals surface area (Å²) in [6.07, 6.45) is 0.946. The molecule has 1 N–H and O–H groups in total. The molecular formula is C18H11F3N6O. The number of carbonyl (C=O) groups is 1. The van der Waals surface area contributed by atoms with Crippen molar-refractivity contribution in [3.63, 3.8) is 0 Å². The fourth-order valence-corrected chi connectivity index (χ4v) is 2.68. The van der Waals surface area contributed by atoms with Crippen LogP contribution in [0.1, 0.15) is 15.9 Å². The average Bonchev–Trinajstić information content (AvgIpc) is 3.11. The molecule has 0 unspecified atom stereocenters. The first-order valence-electron chi connectivity index (χ1n) is 8.02. The van der Waals surface area contributed by atoms with Crippen molar-refractivity contribution in [2.75, 3.05) is 5.32 Å². The van der Waals surface area contributed by atoms with Crippen LogP contribution in [0.4, 0.5) is 19.0 Å². The second-order valence-electron chi connectivity index (χ2n) is 5.73. The van der Waals surface area contributed by atoms with Gasteiger partial charge in [-0.2, -0.15) is 18.3 Å². The van der Waals surface area contributed by atoms with Crippen molar-refractivity contribution in [3.05, 3.63) is 72.4 Å². The molecule has 4 rings (SSSR count). The molecule has 0 atom stereocenters. The summed E-state index contributed by atoms with van der Waals surface area (Å²) in [4.78, 5) is 24.4. The quantitative estimate of drug-likeness (QED) is 0.585. The lowest BCUT2D eigenvalue weighted by Gasteiger charge is -2.12. The van der Waals surface area contributed by atoms with Gasteiger partial charge in [-0.1, -0.05) is 18.2 Å². The summed E-state index contributed by atoms with van der Waals surface area (Å²) in [6, 6.07) is 8.04. The molecule has 4 aromatic rings. The number of benzene rings is 1. The first-order valence-corrected chi connectivity index (χ1v) is 8.02. The number of hydrogen-bond donors (Lipinski definition) is 1. The first kappa shape index (κ1) is 17.6. The molecule has 0 saturated carbocycles. The maximum Gasteiger partial charge on any atom is 0.417 e. The Balaban J connectivity index is 1.77. The number of fused-ring (bicyclic) bond motifs is 1. The van der Waals surface area contributed by atoms with E-state index in [1.54, 1.807) is 0 Å². The van der Waals surface area contributed by atoms with Gasteiger partial charge in [-0.15, -0.1) is 0 Å². The number of halogens is 3. The third-order valence-corrected chi connectivity index (χ3v) is 3.95. The van der Waals surface area contributed by atoms with Crippen LogP contribution in [0, 0.1) is 0 Å². The van der Waals surface area contributed by atoms with Crippen LogP contribution in [0.3, 0.4) is 0 Å². The highest BCUT2D eigenvalue weighted by Gasteiger charge is 2.33. The predicted octanol–water partition coefficient (Wildman–Crippen LogP) is 3.46. The Labute approximate surface area is 155 Å². The smallest absolute Gasteiger partial charge is 0.306 e. The highest BCUT2D eigenvalue weighted by molar-refractivity contribution is 6.07. The average molecular weight is 384 g/mol. The van der Waals surface area contributed by atoms with Gasteiger partial charge in [0.05, 0.1) is 17.5 Å². The largest absolute Gasteiger partial charge is 0.417 e. The van der Waals surface area contributed by atoms with Crippen LogP contribution in [-0.4, -0.2) is 30.5 Å². The molecule has 0 radical (unpaired) electrons. The van der Waals surface area contributed by atoms with E-state index in [-0.39, 0.29) is 28.3 Å². The zero-order valence-corrected chi connectivity index (χ0v) is 14.1. The number of anilines is 1. The third-order valence-electron chi connectivity index (χ3n) is 3.95. The van der Waals surface area contributed by atoms with Gasteiger partial charge in [0.2, 0.25) is 0 Å². The Morgan fingerprint density at radius 1 is 1.11 bits per heavy atom. The maximum absolute atomic E-state index is 13.3. The van der Waals surface area contributed by atoms with Gasteiger partial charge in [-0.3, -0.25) is 4.79 Å². The molecule has 0 aliphatic heterocycles. The van der Waals surface area contributed by atoms with Crippen molar-refractivity contribution in [3.8, 4) is 11.3 Å². The molecule has 3 aromatic heterocycles. The fraction of sp³-hybridized carbons (Fsp3) is 0.0556. The molecule has 0 bridgehead atoms. The van der Waals surface area contributed by atoms with E-state index in [2.05, 4.69) is 25.4 Å². The van der Waals surface area contributed by atoms with Gasteiger partial charge >= 0.3 is 6.18 Å². The van der Waals surface area contributed by atoms with Crippen molar-refractivity contribution in [1.82, 2.24) is 24.6 Å². The minimum Gasteiger partial charge on any atom is -0.306 e. The van der Waals surface area contributed by atoms with E-state index < -0.39 is 17.6 Å². The van der Waals surface area contributed by atoms with Crippen LogP contribution >= 0.6 is 0 Å². The van der Waals surface area contributed by atoms with Crippen molar-refractivity contribution in [2.24, 2.45) is 0 Å². The van der Waals surface area contributed by atoms with Crippen LogP contribution in [0.5, 0.6) is 0 Å². The van der Waals surface area contributed by atoms with Crippen LogP contribution in [0.15, 0.2) is 61.3 Å². The fourth-order valence-electron chi connectivity index (χ4n) is 2.68. The van der Waals surface area contributed by atoms with Gasteiger partial charge in [-0.05, 0) is 18.2 Å². The van der Waals surface area contributed by atoms with Gasteiger partial charge in [0, 0.05) is 18.0 Å². The van der Waals surface area contributed by atoms with E-state index in [1.807, 2.05) is 0 Å². The molecule has 7 nitrogen and oxygen atoms in total. The van der Waals surface area contributed by atoms with E-state index >= 15 is 0 Å². The number of carbonyl (C=O) groups excluding carboxylic acids is 1. The molecule has 1 aromatic carbocycles. The Bertz CT molecular complexity index is 1160. The second kappa shape index (κ2) is 6.72. The minimum absolute atomic E-state index is 0.0806. The Morgan fingerprint density at radius 2 is 1.93 bits per heavy atom. The molecule has 0 spiro atoms. The minimum atomic E-state index is -4.53. The van der Waals surface area contributed by atoms with Crippen molar-refractivity contribution in [2.45, 2.75) is 6.18 Å². The summed E-state index contributed by atoms with van der Waals surface area (Å²) < 4.78 is 41.3. The lowest BCUT2D eigenvalue weighted by atomic mass is 10.0. The zero-order chi connectivity index (χ0) is 19.7. The highest BCUT2D eigenvalue weighted by Crippen LogP contribution is 2.36. The summed E-state index contributed by atoms with van der Waals surface area (Å²) in [5.41, 5.74) is -0.581. The molecule has 0 fully saturated rings. The monoisotopic (exact) mass is 384 g/mol. The second-order valence-corrected chi connectivity index (χ2v) is 5.73. The summed E-state index contributed by atoms with van der Waals surface area (Å²) in [7, 11) is 0. The number of nitrogens with one attached hydrogen (secondary N) is 1. The van der Waals surface area contributed by atoms with Crippen LogP contribution in [0.2, 0.25) is 0 Å². The van der Waals surface area contributed by atoms with Gasteiger partial charge in [0.15, 0.2) is 5.65 Å². The Hall–Kier alpha value is -3.82. The number of aromatic nitrogens is 5. The molecule has 140 valence electrons. The van der Waals surface area contributed by atoms with Gasteiger partial charge in [0.25, 0.3) is 5.91 Å². The molecule has 3 heterocycles. The molecule has 0 saturated heterocycles. The van der Waals surface area contributed by atoms with E-state index in [9.17, 15) is 18.0 Å². The lowest BCUT2D eigenvalue weighted by molar-refractivity contribution is -0.137. The van der Waals surface area contributed by atoms with Gasteiger partial charge < -0.3 is 5.32 Å². The summed E-state index contributed by atoms with van der Waals surface area (Å²) >= 11 is 0. The Kier molecular flexibility index (Phi) is 4.22. The normalized spacial score (nSPS) is 11.5. The number of alkyl halides is 3. The summed E-state index contributed by atoms with van der Waals surface area (Å²) in [6.45, 7) is 0.